The van der Waals surface area contributed by atoms with E-state index in [-0.39, 0.29) is 0 Å². The molecule has 0 saturated heterocycles. The van der Waals surface area contributed by atoms with Gasteiger partial charge in [-0.1, -0.05) is 18.2 Å². The molecule has 6 nitrogen and oxygen atoms in total. The van der Waals surface area contributed by atoms with E-state index in [9.17, 15) is 4.79 Å². The molecule has 0 radical (unpaired) electrons. The van der Waals surface area contributed by atoms with Crippen molar-refractivity contribution in [1.29, 1.82) is 0 Å². The molecule has 4 rings (SSSR count). The summed E-state index contributed by atoms with van der Waals surface area (Å²) in [4.78, 5) is 18.5. The van der Waals surface area contributed by atoms with Crippen LogP contribution in [0, 0.1) is 0 Å². The molecule has 0 atom stereocenters. The Morgan fingerprint density at radius 3 is 2.84 bits per heavy atom. The summed E-state index contributed by atoms with van der Waals surface area (Å²) >= 11 is 0. The lowest BCUT2D eigenvalue weighted by Gasteiger charge is -2.01. The molecule has 122 valence electrons. The van der Waals surface area contributed by atoms with E-state index in [1.54, 1.807) is 18.5 Å². The first-order chi connectivity index (χ1) is 12.2. The second-order valence-electron chi connectivity index (χ2n) is 5.58. The summed E-state index contributed by atoms with van der Waals surface area (Å²) < 4.78 is 1.82. The van der Waals surface area contributed by atoms with Gasteiger partial charge in [0.25, 0.3) is 0 Å². The van der Waals surface area contributed by atoms with E-state index in [0.717, 1.165) is 33.5 Å². The first kappa shape index (κ1) is 14.9. The first-order valence-electron chi connectivity index (χ1n) is 7.77. The Morgan fingerprint density at radius 1 is 1.20 bits per heavy atom. The van der Waals surface area contributed by atoms with Crippen molar-refractivity contribution < 1.29 is 4.79 Å². The second kappa shape index (κ2) is 6.09. The Balaban J connectivity index is 1.73. The fraction of sp³-hybridized carbons (Fsp3) is 0. The molecule has 0 aliphatic heterocycles. The summed E-state index contributed by atoms with van der Waals surface area (Å²) in [5, 5.41) is 5.53. The Morgan fingerprint density at radius 2 is 2.04 bits per heavy atom. The van der Waals surface area contributed by atoms with Crippen LogP contribution < -0.4 is 5.73 Å². The van der Waals surface area contributed by atoms with Crippen LogP contribution in [0.2, 0.25) is 0 Å². The predicted octanol–water partition coefficient (Wildman–Crippen LogP) is 2.91. The molecule has 3 aromatic heterocycles. The number of amides is 1. The van der Waals surface area contributed by atoms with Gasteiger partial charge in [0.15, 0.2) is 0 Å². The van der Waals surface area contributed by atoms with Gasteiger partial charge < -0.3 is 10.7 Å². The van der Waals surface area contributed by atoms with Gasteiger partial charge in [0.05, 0.1) is 11.4 Å². The van der Waals surface area contributed by atoms with Crippen molar-refractivity contribution in [3.05, 3.63) is 72.7 Å². The van der Waals surface area contributed by atoms with Crippen molar-refractivity contribution in [2.45, 2.75) is 0 Å². The lowest BCUT2D eigenvalue weighted by atomic mass is 10.1. The largest absolute Gasteiger partial charge is 0.366 e. The summed E-state index contributed by atoms with van der Waals surface area (Å²) in [7, 11) is 0. The van der Waals surface area contributed by atoms with Gasteiger partial charge in [-0.2, -0.15) is 5.10 Å². The van der Waals surface area contributed by atoms with Crippen LogP contribution in [0.15, 0.2) is 67.1 Å². The molecule has 25 heavy (non-hydrogen) atoms. The molecule has 0 fully saturated rings. The number of hydrogen-bond acceptors (Lipinski definition) is 3. The Kier molecular flexibility index (Phi) is 3.63. The van der Waals surface area contributed by atoms with Crippen LogP contribution in [-0.4, -0.2) is 25.7 Å². The van der Waals surface area contributed by atoms with Gasteiger partial charge in [0.1, 0.15) is 5.65 Å². The van der Waals surface area contributed by atoms with Gasteiger partial charge >= 0.3 is 0 Å². The third kappa shape index (κ3) is 2.92. The maximum absolute atomic E-state index is 11.0. The van der Waals surface area contributed by atoms with E-state index in [0.29, 0.717) is 0 Å². The minimum Gasteiger partial charge on any atom is -0.366 e. The van der Waals surface area contributed by atoms with E-state index in [4.69, 9.17) is 5.73 Å². The number of H-pyrrole nitrogens is 1. The highest BCUT2D eigenvalue weighted by atomic mass is 16.1. The van der Waals surface area contributed by atoms with E-state index >= 15 is 0 Å². The molecule has 3 heterocycles. The number of benzene rings is 1. The number of rotatable bonds is 4. The third-order valence-electron chi connectivity index (χ3n) is 3.90. The number of aromatic nitrogens is 4. The molecular formula is C19H15N5O. The summed E-state index contributed by atoms with van der Waals surface area (Å²) in [6, 6.07) is 13.9. The monoisotopic (exact) mass is 329 g/mol. The fourth-order valence-electron chi connectivity index (χ4n) is 2.68. The zero-order valence-corrected chi connectivity index (χ0v) is 13.3. The molecule has 3 N–H and O–H groups in total. The lowest BCUT2D eigenvalue weighted by molar-refractivity contribution is -0.113. The summed E-state index contributed by atoms with van der Waals surface area (Å²) in [6.07, 6.45) is 8.50. The number of carbonyl (C=O) groups is 1. The van der Waals surface area contributed by atoms with Crippen molar-refractivity contribution >= 4 is 23.0 Å². The molecule has 4 aromatic rings. The smallest absolute Gasteiger partial charge is 0.241 e. The number of primary amides is 1. The van der Waals surface area contributed by atoms with Crippen molar-refractivity contribution in [3.8, 4) is 16.9 Å². The van der Waals surface area contributed by atoms with Crippen LogP contribution in [0.4, 0.5) is 0 Å². The average Bonchev–Trinajstić information content (AvgIpc) is 3.27. The molecular weight excluding hydrogens is 314 g/mol. The number of nitrogens with zero attached hydrogens (tertiary/aromatic N) is 3. The minimum absolute atomic E-state index is 0.486. The van der Waals surface area contributed by atoms with E-state index < -0.39 is 5.91 Å². The predicted molar refractivity (Wildman–Crippen MR) is 96.9 cm³/mol. The molecule has 0 aliphatic rings. The minimum atomic E-state index is -0.486. The normalized spacial score (nSPS) is 11.4. The Hall–Kier alpha value is -3.67. The van der Waals surface area contributed by atoms with Crippen LogP contribution >= 0.6 is 0 Å². The lowest BCUT2D eigenvalue weighted by Crippen LogP contribution is -2.04. The number of para-hydroxylation sites is 1. The molecule has 0 saturated carbocycles. The molecule has 6 heteroatoms. The molecule has 0 aliphatic carbocycles. The summed E-state index contributed by atoms with van der Waals surface area (Å²) in [5.41, 5.74) is 9.48. The number of hydrogen-bond donors (Lipinski definition) is 2. The van der Waals surface area contributed by atoms with Crippen molar-refractivity contribution in [3.63, 3.8) is 0 Å². The van der Waals surface area contributed by atoms with E-state index in [1.165, 1.54) is 6.08 Å². The van der Waals surface area contributed by atoms with Crippen LogP contribution in [0.5, 0.6) is 0 Å². The van der Waals surface area contributed by atoms with Crippen molar-refractivity contribution in [2.75, 3.05) is 0 Å². The number of fused-ring (bicyclic) bond motifs is 1. The number of aromatic amines is 1. The molecule has 0 bridgehead atoms. The highest BCUT2D eigenvalue weighted by molar-refractivity contribution is 5.95. The zero-order valence-electron chi connectivity index (χ0n) is 13.3. The molecule has 1 amide bonds. The van der Waals surface area contributed by atoms with Gasteiger partial charge in [0.2, 0.25) is 5.91 Å². The van der Waals surface area contributed by atoms with Crippen LogP contribution in [0.25, 0.3) is 34.1 Å². The highest BCUT2D eigenvalue weighted by Gasteiger charge is 2.08. The number of pyridine rings is 1. The number of nitrogens with two attached hydrogens (primary N) is 1. The van der Waals surface area contributed by atoms with Gasteiger partial charge in [-0.05, 0) is 30.3 Å². The van der Waals surface area contributed by atoms with Crippen LogP contribution in [-0.2, 0) is 4.79 Å². The second-order valence-corrected chi connectivity index (χ2v) is 5.58. The quantitative estimate of drug-likeness (QED) is 0.564. The summed E-state index contributed by atoms with van der Waals surface area (Å²) in [6.45, 7) is 0. The first-order valence-corrected chi connectivity index (χ1v) is 7.77. The van der Waals surface area contributed by atoms with Gasteiger partial charge in [-0.25, -0.2) is 9.67 Å². The standard InChI is InChI=1S/C19H15N5O/c20-18(25)7-6-13-11-21-19-16(13)10-14(12-22-19)17-8-9-24(23-17)15-4-2-1-3-5-15/h1-12H,(H2,20,25)(H,21,22). The summed E-state index contributed by atoms with van der Waals surface area (Å²) in [5.74, 6) is -0.486. The van der Waals surface area contributed by atoms with Gasteiger partial charge in [0, 0.05) is 41.2 Å². The molecule has 0 spiro atoms. The fourth-order valence-corrected chi connectivity index (χ4v) is 2.68. The molecule has 0 unspecified atom stereocenters. The Bertz CT molecular complexity index is 1080. The van der Waals surface area contributed by atoms with Crippen LogP contribution in [0.1, 0.15) is 5.56 Å². The SMILES string of the molecule is NC(=O)C=Cc1c[nH]c2ncc(-c3ccn(-c4ccccc4)n3)cc12. The maximum Gasteiger partial charge on any atom is 0.241 e. The van der Waals surface area contributed by atoms with Crippen molar-refractivity contribution in [2.24, 2.45) is 5.73 Å². The van der Waals surface area contributed by atoms with Gasteiger partial charge in [-0.15, -0.1) is 0 Å². The third-order valence-corrected chi connectivity index (χ3v) is 3.90. The van der Waals surface area contributed by atoms with E-state index in [2.05, 4.69) is 15.1 Å². The zero-order chi connectivity index (χ0) is 17.2. The number of carbonyl (C=O) groups excluding carboxylic acids is 1. The van der Waals surface area contributed by atoms with Gasteiger partial charge in [-0.3, -0.25) is 4.79 Å². The number of nitrogens with one attached hydrogen (secondary N) is 1. The highest BCUT2D eigenvalue weighted by Crippen LogP contribution is 2.25. The maximum atomic E-state index is 11.0. The van der Waals surface area contributed by atoms with E-state index in [1.807, 2.05) is 53.3 Å². The average molecular weight is 329 g/mol. The molecule has 1 aromatic carbocycles. The van der Waals surface area contributed by atoms with Crippen molar-refractivity contribution in [1.82, 2.24) is 19.7 Å². The topological polar surface area (TPSA) is 89.6 Å². The Labute approximate surface area is 143 Å². The van der Waals surface area contributed by atoms with Crippen LogP contribution in [0.3, 0.4) is 0 Å².